The van der Waals surface area contributed by atoms with Crippen molar-refractivity contribution in [2.24, 2.45) is 0 Å². The Morgan fingerprint density at radius 3 is 3.10 bits per heavy atom. The number of hydrogen-bond acceptors (Lipinski definition) is 5. The first-order valence-electron chi connectivity index (χ1n) is 6.72. The molecule has 1 aliphatic heterocycles. The first-order chi connectivity index (χ1) is 10.3. The van der Waals surface area contributed by atoms with E-state index in [1.54, 1.807) is 11.3 Å². The van der Waals surface area contributed by atoms with Crippen LogP contribution in [0.1, 0.15) is 23.8 Å². The lowest BCUT2D eigenvalue weighted by Gasteiger charge is -2.23. The first-order valence-corrected chi connectivity index (χ1v) is 8.39. The zero-order chi connectivity index (χ0) is 14.2. The van der Waals surface area contributed by atoms with Gasteiger partial charge in [-0.3, -0.25) is 0 Å². The highest BCUT2D eigenvalue weighted by molar-refractivity contribution is 9.10. The van der Waals surface area contributed by atoms with Gasteiger partial charge in [-0.05, 0) is 40.0 Å². The molecule has 4 rings (SSSR count). The molecule has 3 aromatic rings. The third kappa shape index (κ3) is 2.38. The van der Waals surface area contributed by atoms with Gasteiger partial charge in [-0.2, -0.15) is 4.98 Å². The van der Waals surface area contributed by atoms with Crippen molar-refractivity contribution in [3.05, 3.63) is 51.6 Å². The lowest BCUT2D eigenvalue weighted by atomic mass is 9.91. The molecule has 3 heterocycles. The van der Waals surface area contributed by atoms with Gasteiger partial charge in [-0.25, -0.2) is 0 Å². The van der Waals surface area contributed by atoms with Crippen LogP contribution in [-0.4, -0.2) is 16.7 Å². The van der Waals surface area contributed by atoms with E-state index in [9.17, 15) is 0 Å². The molecule has 0 amide bonds. The molecule has 0 fully saturated rings. The molecule has 0 saturated carbocycles. The van der Waals surface area contributed by atoms with Crippen LogP contribution in [0.3, 0.4) is 0 Å². The summed E-state index contributed by atoms with van der Waals surface area (Å²) in [5.74, 6) is 1.53. The SMILES string of the molecule is Brc1csc(-c2noc(C3CCNc4ccccc43)n2)c1. The van der Waals surface area contributed by atoms with Gasteiger partial charge in [0, 0.05) is 22.1 Å². The Hall–Kier alpha value is -1.66. The second kappa shape index (κ2) is 5.27. The topological polar surface area (TPSA) is 51.0 Å². The van der Waals surface area contributed by atoms with Crippen LogP contribution in [-0.2, 0) is 0 Å². The molecule has 1 aliphatic rings. The second-order valence-corrected chi connectivity index (χ2v) is 6.77. The number of nitrogens with zero attached hydrogens (tertiary/aromatic N) is 2. The molecule has 1 unspecified atom stereocenters. The number of fused-ring (bicyclic) bond motifs is 1. The van der Waals surface area contributed by atoms with E-state index in [-0.39, 0.29) is 5.92 Å². The molecule has 1 N–H and O–H groups in total. The Balaban J connectivity index is 1.71. The van der Waals surface area contributed by atoms with Crippen molar-refractivity contribution in [1.82, 2.24) is 10.1 Å². The minimum absolute atomic E-state index is 0.173. The van der Waals surface area contributed by atoms with Crippen LogP contribution >= 0.6 is 27.3 Å². The summed E-state index contributed by atoms with van der Waals surface area (Å²) in [4.78, 5) is 5.61. The summed E-state index contributed by atoms with van der Waals surface area (Å²) in [6, 6.07) is 10.3. The summed E-state index contributed by atoms with van der Waals surface area (Å²) in [7, 11) is 0. The summed E-state index contributed by atoms with van der Waals surface area (Å²) in [5.41, 5.74) is 2.39. The highest BCUT2D eigenvalue weighted by Crippen LogP contribution is 2.36. The van der Waals surface area contributed by atoms with Crippen molar-refractivity contribution in [3.63, 3.8) is 0 Å². The minimum Gasteiger partial charge on any atom is -0.385 e. The summed E-state index contributed by atoms with van der Waals surface area (Å²) < 4.78 is 6.57. The molecule has 6 heteroatoms. The van der Waals surface area contributed by atoms with Crippen molar-refractivity contribution in [1.29, 1.82) is 0 Å². The van der Waals surface area contributed by atoms with Gasteiger partial charge in [-0.15, -0.1) is 11.3 Å². The zero-order valence-corrected chi connectivity index (χ0v) is 13.4. The summed E-state index contributed by atoms with van der Waals surface area (Å²) in [6.45, 7) is 0.921. The third-order valence-corrected chi connectivity index (χ3v) is 5.30. The van der Waals surface area contributed by atoms with Gasteiger partial charge in [0.15, 0.2) is 0 Å². The van der Waals surface area contributed by atoms with Crippen LogP contribution in [0.15, 0.2) is 44.7 Å². The van der Waals surface area contributed by atoms with Gasteiger partial charge < -0.3 is 9.84 Å². The normalized spacial score (nSPS) is 17.3. The van der Waals surface area contributed by atoms with Crippen molar-refractivity contribution >= 4 is 33.0 Å². The number of benzene rings is 1. The van der Waals surface area contributed by atoms with Gasteiger partial charge in [-0.1, -0.05) is 23.4 Å². The average Bonchev–Trinajstić information content (AvgIpc) is 3.15. The molecule has 0 spiro atoms. The maximum Gasteiger partial charge on any atom is 0.234 e. The Labute approximate surface area is 134 Å². The molecule has 21 heavy (non-hydrogen) atoms. The molecule has 1 aromatic carbocycles. The number of thiophene rings is 1. The third-order valence-electron chi connectivity index (χ3n) is 3.61. The Morgan fingerprint density at radius 1 is 1.33 bits per heavy atom. The van der Waals surface area contributed by atoms with Crippen LogP contribution in [0.5, 0.6) is 0 Å². The van der Waals surface area contributed by atoms with E-state index in [0.717, 1.165) is 28.0 Å². The van der Waals surface area contributed by atoms with Crippen LogP contribution in [0, 0.1) is 0 Å². The van der Waals surface area contributed by atoms with E-state index in [1.807, 2.05) is 23.6 Å². The van der Waals surface area contributed by atoms with Crippen molar-refractivity contribution in [3.8, 4) is 10.7 Å². The van der Waals surface area contributed by atoms with E-state index in [0.29, 0.717) is 11.7 Å². The van der Waals surface area contributed by atoms with Crippen molar-refractivity contribution in [2.75, 3.05) is 11.9 Å². The number of rotatable bonds is 2. The molecule has 106 valence electrons. The lowest BCUT2D eigenvalue weighted by molar-refractivity contribution is 0.361. The summed E-state index contributed by atoms with van der Waals surface area (Å²) in [5, 5.41) is 9.56. The minimum atomic E-state index is 0.173. The van der Waals surface area contributed by atoms with E-state index in [4.69, 9.17) is 4.52 Å². The molecule has 4 nitrogen and oxygen atoms in total. The first kappa shape index (κ1) is 13.0. The number of anilines is 1. The molecular formula is C15H12BrN3OS. The van der Waals surface area contributed by atoms with Crippen LogP contribution in [0.4, 0.5) is 5.69 Å². The van der Waals surface area contributed by atoms with E-state index in [2.05, 4.69) is 43.5 Å². The van der Waals surface area contributed by atoms with Gasteiger partial charge in [0.2, 0.25) is 11.7 Å². The van der Waals surface area contributed by atoms with Crippen molar-refractivity contribution < 1.29 is 4.52 Å². The smallest absolute Gasteiger partial charge is 0.234 e. The second-order valence-electron chi connectivity index (χ2n) is 4.94. The predicted molar refractivity (Wildman–Crippen MR) is 86.7 cm³/mol. The monoisotopic (exact) mass is 361 g/mol. The van der Waals surface area contributed by atoms with E-state index < -0.39 is 0 Å². The van der Waals surface area contributed by atoms with Gasteiger partial charge >= 0.3 is 0 Å². The number of aromatic nitrogens is 2. The van der Waals surface area contributed by atoms with E-state index in [1.165, 1.54) is 5.56 Å². The maximum absolute atomic E-state index is 5.53. The Bertz CT molecular complexity index is 783. The van der Waals surface area contributed by atoms with Gasteiger partial charge in [0.1, 0.15) is 0 Å². The molecule has 0 aliphatic carbocycles. The molecule has 2 aromatic heterocycles. The van der Waals surface area contributed by atoms with Crippen LogP contribution in [0.2, 0.25) is 0 Å². The molecule has 1 atom stereocenters. The molecule has 0 bridgehead atoms. The lowest BCUT2D eigenvalue weighted by Crippen LogP contribution is -2.17. The quantitative estimate of drug-likeness (QED) is 0.729. The number of para-hydroxylation sites is 1. The van der Waals surface area contributed by atoms with Gasteiger partial charge in [0.05, 0.1) is 10.8 Å². The highest BCUT2D eigenvalue weighted by Gasteiger charge is 2.26. The zero-order valence-electron chi connectivity index (χ0n) is 11.0. The fourth-order valence-electron chi connectivity index (χ4n) is 2.63. The summed E-state index contributed by atoms with van der Waals surface area (Å²) in [6.07, 6.45) is 0.965. The van der Waals surface area contributed by atoms with Crippen LogP contribution < -0.4 is 5.32 Å². The largest absolute Gasteiger partial charge is 0.385 e. The maximum atomic E-state index is 5.53. The molecular weight excluding hydrogens is 350 g/mol. The average molecular weight is 362 g/mol. The standard InChI is InChI=1S/C15H12BrN3OS/c16-9-7-13(21-8-9)14-18-15(20-19-14)11-5-6-17-12-4-2-1-3-10(11)12/h1-4,7-8,11,17H,5-6H2. The Kier molecular flexibility index (Phi) is 3.27. The number of nitrogens with one attached hydrogen (secondary N) is 1. The highest BCUT2D eigenvalue weighted by atomic mass is 79.9. The molecule has 0 radical (unpaired) electrons. The van der Waals surface area contributed by atoms with Crippen LogP contribution in [0.25, 0.3) is 10.7 Å². The van der Waals surface area contributed by atoms with Crippen molar-refractivity contribution in [2.45, 2.75) is 12.3 Å². The van der Waals surface area contributed by atoms with E-state index >= 15 is 0 Å². The summed E-state index contributed by atoms with van der Waals surface area (Å²) >= 11 is 5.05. The Morgan fingerprint density at radius 2 is 2.24 bits per heavy atom. The molecule has 0 saturated heterocycles. The van der Waals surface area contributed by atoms with Gasteiger partial charge in [0.25, 0.3) is 0 Å². The fourth-order valence-corrected chi connectivity index (χ4v) is 3.98. The number of hydrogen-bond donors (Lipinski definition) is 1. The fraction of sp³-hybridized carbons (Fsp3) is 0.200. The predicted octanol–water partition coefficient (Wildman–Crippen LogP) is 4.51. The number of halogens is 1.